The van der Waals surface area contributed by atoms with Crippen LogP contribution < -0.4 is 9.88 Å². The highest BCUT2D eigenvalue weighted by Gasteiger charge is 2.30. The number of hydrogen-bond acceptors (Lipinski definition) is 4. The van der Waals surface area contributed by atoms with Crippen LogP contribution in [-0.2, 0) is 24.0 Å². The average Bonchev–Trinajstić information content (AvgIpc) is 2.74. The predicted octanol–water partition coefficient (Wildman–Crippen LogP) is 3.42. The van der Waals surface area contributed by atoms with E-state index in [9.17, 15) is 5.26 Å². The highest BCUT2D eigenvalue weighted by molar-refractivity contribution is 7.99. The third-order valence-electron chi connectivity index (χ3n) is 5.43. The summed E-state index contributed by atoms with van der Waals surface area (Å²) in [5.41, 5.74) is 4.87. The second kappa shape index (κ2) is 8.77. The van der Waals surface area contributed by atoms with Crippen LogP contribution in [0, 0.1) is 11.3 Å². The number of pyridine rings is 1. The minimum Gasteiger partial charge on any atom is -0.373 e. The Balaban J connectivity index is 1.62. The molecule has 0 amide bonds. The molecular weight excluding hydrogens is 354 g/mol. The molecule has 1 saturated heterocycles. The molecule has 2 heterocycles. The maximum absolute atomic E-state index is 9.88. The summed E-state index contributed by atoms with van der Waals surface area (Å²) in [5, 5.41) is 10.9. The Bertz CT molecular complexity index is 826. The number of aryl methyl sites for hydroxylation is 1. The molecule has 27 heavy (non-hydrogen) atoms. The van der Waals surface area contributed by atoms with E-state index in [1.165, 1.54) is 35.3 Å². The van der Waals surface area contributed by atoms with Crippen LogP contribution in [0.1, 0.15) is 35.1 Å². The van der Waals surface area contributed by atoms with Crippen molar-refractivity contribution in [3.63, 3.8) is 0 Å². The van der Waals surface area contributed by atoms with Gasteiger partial charge < -0.3 is 4.74 Å². The molecule has 1 aromatic heterocycles. The lowest BCUT2D eigenvalue weighted by Gasteiger charge is -2.26. The molecule has 140 valence electrons. The lowest BCUT2D eigenvalue weighted by molar-refractivity contribution is -0.414. The highest BCUT2D eigenvalue weighted by Crippen LogP contribution is 2.34. The van der Waals surface area contributed by atoms with Gasteiger partial charge in [0.1, 0.15) is 24.7 Å². The zero-order valence-corrected chi connectivity index (χ0v) is 16.5. The number of aromatic amines is 1. The molecule has 1 N–H and O–H groups in total. The largest absolute Gasteiger partial charge is 0.373 e. The van der Waals surface area contributed by atoms with E-state index in [2.05, 4.69) is 46.3 Å². The first kappa shape index (κ1) is 18.3. The minimum absolute atomic E-state index is 0.777. The number of fused-ring (bicyclic) bond motifs is 1. The molecule has 1 aromatic carbocycles. The van der Waals surface area contributed by atoms with E-state index < -0.39 is 0 Å². The maximum Gasteiger partial charge on any atom is 0.278 e. The van der Waals surface area contributed by atoms with Crippen LogP contribution >= 0.6 is 11.8 Å². The molecule has 2 aromatic rings. The molecular formula is C22H26N3OS+. The van der Waals surface area contributed by atoms with Gasteiger partial charge in [0.05, 0.1) is 13.2 Å². The fourth-order valence-electron chi connectivity index (χ4n) is 4.02. The van der Waals surface area contributed by atoms with E-state index >= 15 is 0 Å². The number of nitriles is 1. The maximum atomic E-state index is 9.88. The first-order chi connectivity index (χ1) is 13.4. The van der Waals surface area contributed by atoms with Crippen molar-refractivity contribution in [2.75, 3.05) is 37.0 Å². The number of hydrogen-bond donors (Lipinski definition) is 0. The van der Waals surface area contributed by atoms with Gasteiger partial charge in [-0.1, -0.05) is 42.1 Å². The Hall–Kier alpha value is -2.03. The van der Waals surface area contributed by atoms with Gasteiger partial charge in [-0.05, 0) is 43.2 Å². The van der Waals surface area contributed by atoms with Crippen molar-refractivity contribution in [2.24, 2.45) is 0 Å². The third kappa shape index (κ3) is 4.12. The molecule has 0 radical (unpaired) electrons. The fraction of sp³-hybridized carbons (Fsp3) is 0.455. The number of aromatic nitrogens is 1. The van der Waals surface area contributed by atoms with Crippen molar-refractivity contribution in [3.8, 4) is 6.07 Å². The van der Waals surface area contributed by atoms with Crippen LogP contribution in [-0.4, -0.2) is 32.1 Å². The Morgan fingerprint density at radius 3 is 2.56 bits per heavy atom. The summed E-state index contributed by atoms with van der Waals surface area (Å²) < 4.78 is 5.54. The van der Waals surface area contributed by atoms with E-state index in [0.717, 1.165) is 61.9 Å². The van der Waals surface area contributed by atoms with E-state index in [-0.39, 0.29) is 0 Å². The van der Waals surface area contributed by atoms with Crippen molar-refractivity contribution >= 4 is 17.6 Å². The summed E-state index contributed by atoms with van der Waals surface area (Å²) in [6, 6.07) is 13.1. The molecule has 0 unspecified atom stereocenters. The number of thioether (sulfide) groups is 1. The molecule has 0 atom stereocenters. The number of H-pyrrole nitrogens is 1. The summed E-state index contributed by atoms with van der Waals surface area (Å²) in [4.78, 5) is 6.07. The van der Waals surface area contributed by atoms with Crippen molar-refractivity contribution in [2.45, 2.75) is 37.1 Å². The van der Waals surface area contributed by atoms with Crippen molar-refractivity contribution in [1.29, 1.82) is 5.26 Å². The third-order valence-corrected chi connectivity index (χ3v) is 6.44. The van der Waals surface area contributed by atoms with Gasteiger partial charge in [0.15, 0.2) is 5.03 Å². The SMILES string of the molecule is N#Cc1c(SCCc2ccccc2)[nH+]c(N2CCOCC2)c2c1CCCC2. The van der Waals surface area contributed by atoms with Crippen molar-refractivity contribution in [1.82, 2.24) is 0 Å². The molecule has 4 rings (SSSR count). The summed E-state index contributed by atoms with van der Waals surface area (Å²) >= 11 is 1.78. The van der Waals surface area contributed by atoms with Gasteiger partial charge in [0.2, 0.25) is 0 Å². The minimum atomic E-state index is 0.777. The van der Waals surface area contributed by atoms with Crippen LogP contribution in [0.25, 0.3) is 0 Å². The van der Waals surface area contributed by atoms with Gasteiger partial charge in [-0.3, -0.25) is 4.90 Å². The van der Waals surface area contributed by atoms with E-state index in [0.29, 0.717) is 0 Å². The van der Waals surface area contributed by atoms with Gasteiger partial charge >= 0.3 is 0 Å². The number of ether oxygens (including phenoxy) is 1. The highest BCUT2D eigenvalue weighted by atomic mass is 32.2. The molecule has 4 nitrogen and oxygen atoms in total. The molecule has 0 bridgehead atoms. The Kier molecular flexibility index (Phi) is 5.96. The zero-order valence-electron chi connectivity index (χ0n) is 15.7. The summed E-state index contributed by atoms with van der Waals surface area (Å²) in [6.45, 7) is 3.39. The van der Waals surface area contributed by atoms with Gasteiger partial charge in [0, 0.05) is 11.3 Å². The number of nitrogens with zero attached hydrogens (tertiary/aromatic N) is 2. The monoisotopic (exact) mass is 380 g/mol. The first-order valence-electron chi connectivity index (χ1n) is 9.87. The van der Waals surface area contributed by atoms with Crippen LogP contribution in [0.3, 0.4) is 0 Å². The number of benzene rings is 1. The predicted molar refractivity (Wildman–Crippen MR) is 108 cm³/mol. The van der Waals surface area contributed by atoms with Crippen LogP contribution in [0.4, 0.5) is 5.82 Å². The van der Waals surface area contributed by atoms with Crippen LogP contribution in [0.5, 0.6) is 0 Å². The second-order valence-corrected chi connectivity index (χ2v) is 8.24. The van der Waals surface area contributed by atoms with E-state index in [4.69, 9.17) is 4.74 Å². The quantitative estimate of drug-likeness (QED) is 0.746. The summed E-state index contributed by atoms with van der Waals surface area (Å²) in [7, 11) is 0. The zero-order chi connectivity index (χ0) is 18.5. The lowest BCUT2D eigenvalue weighted by Crippen LogP contribution is -2.41. The Morgan fingerprint density at radius 2 is 1.81 bits per heavy atom. The summed E-state index contributed by atoms with van der Waals surface area (Å²) in [6.07, 6.45) is 5.50. The molecule has 1 fully saturated rings. The molecule has 2 aliphatic rings. The van der Waals surface area contributed by atoms with Gasteiger partial charge in [-0.2, -0.15) is 5.26 Å². The normalized spacial score (nSPS) is 16.6. The Labute approximate surface area is 165 Å². The van der Waals surface area contributed by atoms with Crippen LogP contribution in [0.15, 0.2) is 35.4 Å². The van der Waals surface area contributed by atoms with Crippen molar-refractivity contribution in [3.05, 3.63) is 52.6 Å². The van der Waals surface area contributed by atoms with Gasteiger partial charge in [-0.15, -0.1) is 0 Å². The molecule has 0 spiro atoms. The number of rotatable bonds is 5. The number of nitrogens with one attached hydrogen (secondary N) is 1. The second-order valence-electron chi connectivity index (χ2n) is 7.14. The fourth-order valence-corrected chi connectivity index (χ4v) is 5.05. The lowest BCUT2D eigenvalue weighted by atomic mass is 9.89. The standard InChI is InChI=1S/C22H25N3OS/c23-16-20-18-8-4-5-9-19(18)21(25-11-13-26-14-12-25)24-22(20)27-15-10-17-6-2-1-3-7-17/h1-3,6-7H,4-5,8-15H2/p+1. The van der Waals surface area contributed by atoms with E-state index in [1.54, 1.807) is 11.8 Å². The average molecular weight is 381 g/mol. The molecule has 5 heteroatoms. The number of morpholine rings is 1. The smallest absolute Gasteiger partial charge is 0.278 e. The van der Waals surface area contributed by atoms with Crippen LogP contribution in [0.2, 0.25) is 0 Å². The van der Waals surface area contributed by atoms with Gasteiger partial charge in [-0.25, -0.2) is 4.98 Å². The molecule has 1 aliphatic heterocycles. The topological polar surface area (TPSA) is 50.4 Å². The summed E-state index contributed by atoms with van der Waals surface area (Å²) in [5.74, 6) is 2.20. The molecule has 1 aliphatic carbocycles. The van der Waals surface area contributed by atoms with Gasteiger partial charge in [0.25, 0.3) is 5.82 Å². The van der Waals surface area contributed by atoms with Crippen molar-refractivity contribution < 1.29 is 9.72 Å². The van der Waals surface area contributed by atoms with E-state index in [1.807, 2.05) is 0 Å². The molecule has 0 saturated carbocycles. The first-order valence-corrected chi connectivity index (χ1v) is 10.9. The Morgan fingerprint density at radius 1 is 1.07 bits per heavy atom. The number of anilines is 1.